The van der Waals surface area contributed by atoms with Crippen LogP contribution in [0.5, 0.6) is 0 Å². The second-order valence-electron chi connectivity index (χ2n) is 6.56. The van der Waals surface area contributed by atoms with Gasteiger partial charge < -0.3 is 19.6 Å². The molecule has 0 amide bonds. The predicted octanol–water partition coefficient (Wildman–Crippen LogP) is 0.130. The maximum atomic E-state index is 4.78. The van der Waals surface area contributed by atoms with Gasteiger partial charge in [-0.1, -0.05) is 6.92 Å². The molecule has 0 aliphatic carbocycles. The van der Waals surface area contributed by atoms with Gasteiger partial charge in [0.2, 0.25) is 11.9 Å². The standard InChI is InChI=1S/C17H25N9/c1-2-23-6-8-26(9-7-23)17-21-15(14-20-22-17)24-10-12-25(13-11-24)16-18-4-3-5-19-16/h3-5,14H,2,6-13H2,1H3. The van der Waals surface area contributed by atoms with E-state index in [1.807, 2.05) is 6.07 Å². The topological polar surface area (TPSA) is 77.4 Å². The minimum atomic E-state index is 0.743. The maximum absolute atomic E-state index is 4.78. The van der Waals surface area contributed by atoms with Gasteiger partial charge in [0.05, 0.1) is 6.20 Å². The first-order chi connectivity index (χ1) is 12.8. The summed E-state index contributed by atoms with van der Waals surface area (Å²) in [6.45, 7) is 10.8. The average Bonchev–Trinajstić information content (AvgIpc) is 2.75. The van der Waals surface area contributed by atoms with Gasteiger partial charge in [-0.05, 0) is 12.6 Å². The summed E-state index contributed by atoms with van der Waals surface area (Å²) in [5.41, 5.74) is 0. The van der Waals surface area contributed by atoms with Crippen molar-refractivity contribution in [2.45, 2.75) is 6.92 Å². The number of anilines is 3. The molecule has 9 nitrogen and oxygen atoms in total. The Bertz CT molecular complexity index is 694. The van der Waals surface area contributed by atoms with Crippen LogP contribution >= 0.6 is 0 Å². The van der Waals surface area contributed by atoms with Crippen LogP contribution in [0.3, 0.4) is 0 Å². The predicted molar refractivity (Wildman–Crippen MR) is 101 cm³/mol. The zero-order valence-corrected chi connectivity index (χ0v) is 15.2. The molecule has 4 rings (SSSR count). The quantitative estimate of drug-likeness (QED) is 0.760. The molecule has 4 heterocycles. The molecule has 2 aliphatic rings. The Morgan fingerprint density at radius 1 is 0.808 bits per heavy atom. The highest BCUT2D eigenvalue weighted by Gasteiger charge is 2.22. The van der Waals surface area contributed by atoms with Gasteiger partial charge >= 0.3 is 0 Å². The Kier molecular flexibility index (Phi) is 5.05. The fraction of sp³-hybridized carbons (Fsp3) is 0.588. The van der Waals surface area contributed by atoms with E-state index in [1.54, 1.807) is 18.6 Å². The molecule has 0 atom stereocenters. The van der Waals surface area contributed by atoms with Gasteiger partial charge in [0.1, 0.15) is 0 Å². The van der Waals surface area contributed by atoms with Gasteiger partial charge in [-0.2, -0.15) is 10.1 Å². The molecule has 9 heteroatoms. The Balaban J connectivity index is 1.38. The van der Waals surface area contributed by atoms with Crippen LogP contribution in [0.2, 0.25) is 0 Å². The molecule has 2 aromatic rings. The van der Waals surface area contributed by atoms with Crippen molar-refractivity contribution in [3.63, 3.8) is 0 Å². The Morgan fingerprint density at radius 3 is 2.12 bits per heavy atom. The minimum absolute atomic E-state index is 0.743. The van der Waals surface area contributed by atoms with Crippen molar-refractivity contribution in [2.24, 2.45) is 0 Å². The molecule has 0 aromatic carbocycles. The van der Waals surface area contributed by atoms with Gasteiger partial charge in [0, 0.05) is 64.8 Å². The maximum Gasteiger partial charge on any atom is 0.247 e. The van der Waals surface area contributed by atoms with Crippen molar-refractivity contribution >= 4 is 17.7 Å². The van der Waals surface area contributed by atoms with E-state index in [9.17, 15) is 0 Å². The molecule has 2 aliphatic heterocycles. The largest absolute Gasteiger partial charge is 0.352 e. The van der Waals surface area contributed by atoms with Gasteiger partial charge in [0.15, 0.2) is 5.82 Å². The van der Waals surface area contributed by atoms with E-state index >= 15 is 0 Å². The molecule has 0 spiro atoms. The van der Waals surface area contributed by atoms with Crippen LogP contribution in [0.4, 0.5) is 17.7 Å². The number of nitrogens with zero attached hydrogens (tertiary/aromatic N) is 9. The number of aromatic nitrogens is 5. The first-order valence-electron chi connectivity index (χ1n) is 9.27. The Labute approximate surface area is 153 Å². The van der Waals surface area contributed by atoms with Crippen LogP contribution in [-0.4, -0.2) is 89.0 Å². The lowest BCUT2D eigenvalue weighted by Crippen LogP contribution is -2.48. The molecule has 0 radical (unpaired) electrons. The van der Waals surface area contributed by atoms with Crippen LogP contribution in [-0.2, 0) is 0 Å². The van der Waals surface area contributed by atoms with Crippen molar-refractivity contribution in [1.29, 1.82) is 0 Å². The SMILES string of the molecule is CCN1CCN(c2nncc(N3CCN(c4ncccn4)CC3)n2)CC1. The number of piperazine rings is 2. The summed E-state index contributed by atoms with van der Waals surface area (Å²) in [7, 11) is 0. The monoisotopic (exact) mass is 355 g/mol. The van der Waals surface area contributed by atoms with Gasteiger partial charge in [-0.25, -0.2) is 9.97 Å². The molecule has 26 heavy (non-hydrogen) atoms. The van der Waals surface area contributed by atoms with E-state index in [2.05, 4.69) is 46.7 Å². The second-order valence-corrected chi connectivity index (χ2v) is 6.56. The third-order valence-electron chi connectivity index (χ3n) is 5.08. The molecule has 2 saturated heterocycles. The Morgan fingerprint density at radius 2 is 1.42 bits per heavy atom. The third-order valence-corrected chi connectivity index (χ3v) is 5.08. The first kappa shape index (κ1) is 16.9. The summed E-state index contributed by atoms with van der Waals surface area (Å²) in [5.74, 6) is 2.44. The van der Waals surface area contributed by atoms with Crippen LogP contribution in [0.15, 0.2) is 24.7 Å². The average molecular weight is 355 g/mol. The van der Waals surface area contributed by atoms with Crippen molar-refractivity contribution in [3.05, 3.63) is 24.7 Å². The van der Waals surface area contributed by atoms with E-state index in [1.165, 1.54) is 0 Å². The van der Waals surface area contributed by atoms with Crippen molar-refractivity contribution < 1.29 is 0 Å². The molecule has 0 bridgehead atoms. The molecule has 2 fully saturated rings. The summed E-state index contributed by atoms with van der Waals surface area (Å²) >= 11 is 0. The highest BCUT2D eigenvalue weighted by Crippen LogP contribution is 2.18. The minimum Gasteiger partial charge on any atom is -0.352 e. The van der Waals surface area contributed by atoms with Crippen molar-refractivity contribution in [3.8, 4) is 0 Å². The van der Waals surface area contributed by atoms with E-state index < -0.39 is 0 Å². The molecular weight excluding hydrogens is 330 g/mol. The Hall–Kier alpha value is -2.55. The summed E-state index contributed by atoms with van der Waals surface area (Å²) < 4.78 is 0. The van der Waals surface area contributed by atoms with E-state index in [0.29, 0.717) is 0 Å². The summed E-state index contributed by atoms with van der Waals surface area (Å²) in [4.78, 5) is 22.6. The highest BCUT2D eigenvalue weighted by molar-refractivity contribution is 5.44. The molecule has 138 valence electrons. The number of hydrogen-bond donors (Lipinski definition) is 0. The lowest BCUT2D eigenvalue weighted by Gasteiger charge is -2.36. The smallest absolute Gasteiger partial charge is 0.247 e. The third kappa shape index (κ3) is 3.67. The fourth-order valence-electron chi connectivity index (χ4n) is 3.43. The number of likely N-dealkylation sites (N-methyl/N-ethyl adjacent to an activating group) is 1. The van der Waals surface area contributed by atoms with Crippen LogP contribution < -0.4 is 14.7 Å². The number of hydrogen-bond acceptors (Lipinski definition) is 9. The van der Waals surface area contributed by atoms with E-state index in [-0.39, 0.29) is 0 Å². The zero-order chi connectivity index (χ0) is 17.8. The summed E-state index contributed by atoms with van der Waals surface area (Å²) in [6.07, 6.45) is 5.34. The van der Waals surface area contributed by atoms with Crippen LogP contribution in [0.25, 0.3) is 0 Å². The summed E-state index contributed by atoms with van der Waals surface area (Å²) in [6, 6.07) is 1.84. The molecule has 0 unspecified atom stereocenters. The van der Waals surface area contributed by atoms with E-state index in [0.717, 1.165) is 76.6 Å². The number of rotatable bonds is 4. The van der Waals surface area contributed by atoms with Gasteiger partial charge in [-0.15, -0.1) is 5.10 Å². The van der Waals surface area contributed by atoms with Gasteiger partial charge in [0.25, 0.3) is 0 Å². The lowest BCUT2D eigenvalue weighted by atomic mass is 10.3. The molecular formula is C17H25N9. The van der Waals surface area contributed by atoms with Crippen LogP contribution in [0.1, 0.15) is 6.92 Å². The highest BCUT2D eigenvalue weighted by atomic mass is 15.4. The summed E-state index contributed by atoms with van der Waals surface area (Å²) in [5, 5.41) is 8.46. The molecule has 0 saturated carbocycles. The molecule has 2 aromatic heterocycles. The normalized spacial score (nSPS) is 19.0. The fourth-order valence-corrected chi connectivity index (χ4v) is 3.43. The lowest BCUT2D eigenvalue weighted by molar-refractivity contribution is 0.269. The zero-order valence-electron chi connectivity index (χ0n) is 15.2. The molecule has 0 N–H and O–H groups in total. The van der Waals surface area contributed by atoms with E-state index in [4.69, 9.17) is 4.98 Å². The second kappa shape index (κ2) is 7.77. The van der Waals surface area contributed by atoms with Crippen molar-refractivity contribution in [2.75, 3.05) is 73.6 Å². The van der Waals surface area contributed by atoms with Gasteiger partial charge in [-0.3, -0.25) is 0 Å². The van der Waals surface area contributed by atoms with Crippen molar-refractivity contribution in [1.82, 2.24) is 30.0 Å². The first-order valence-corrected chi connectivity index (χ1v) is 9.27. The van der Waals surface area contributed by atoms with Crippen LogP contribution in [0, 0.1) is 0 Å².